The summed E-state index contributed by atoms with van der Waals surface area (Å²) in [5.74, 6) is -6.27. The van der Waals surface area contributed by atoms with E-state index >= 15 is 4.79 Å². The lowest BCUT2D eigenvalue weighted by Gasteiger charge is -2.50. The summed E-state index contributed by atoms with van der Waals surface area (Å²) in [6.45, 7) is 3.84. The van der Waals surface area contributed by atoms with Gasteiger partial charge >= 0.3 is 0 Å². The van der Waals surface area contributed by atoms with Crippen molar-refractivity contribution in [1.82, 2.24) is 5.01 Å². The summed E-state index contributed by atoms with van der Waals surface area (Å²) in [7, 11) is 0. The molecule has 0 radical (unpaired) electrons. The average Bonchev–Trinajstić information content (AvgIpc) is 3.51. The predicted molar refractivity (Wildman–Crippen MR) is 190 cm³/mol. The molecule has 2 heterocycles. The number of hydrazine groups is 1. The van der Waals surface area contributed by atoms with Gasteiger partial charge in [-0.1, -0.05) is 77.9 Å². The maximum Gasteiger partial charge on any atom is 0.260 e. The van der Waals surface area contributed by atoms with Crippen molar-refractivity contribution in [1.29, 1.82) is 0 Å². The van der Waals surface area contributed by atoms with Gasteiger partial charge in [0.1, 0.15) is 11.6 Å². The Morgan fingerprint density at radius 1 is 0.882 bits per heavy atom. The van der Waals surface area contributed by atoms with E-state index in [2.05, 4.69) is 12.0 Å². The summed E-state index contributed by atoms with van der Waals surface area (Å²) in [6, 6.07) is 26.2. The van der Waals surface area contributed by atoms with Crippen molar-refractivity contribution in [2.75, 3.05) is 10.3 Å². The van der Waals surface area contributed by atoms with Gasteiger partial charge in [0.2, 0.25) is 11.8 Å². The predicted octanol–water partition coefficient (Wildman–Crippen LogP) is 7.10. The van der Waals surface area contributed by atoms with Crippen molar-refractivity contribution in [2.24, 2.45) is 23.7 Å². The third kappa shape index (κ3) is 4.86. The number of rotatable bonds is 7. The number of nitrogens with zero attached hydrogens (tertiary/aromatic N) is 2. The van der Waals surface area contributed by atoms with Crippen LogP contribution in [-0.2, 0) is 31.0 Å². The van der Waals surface area contributed by atoms with Crippen LogP contribution in [0.3, 0.4) is 0 Å². The summed E-state index contributed by atoms with van der Waals surface area (Å²) < 4.78 is 13.9. The summed E-state index contributed by atoms with van der Waals surface area (Å²) in [5, 5.41) is 13.4. The van der Waals surface area contributed by atoms with Gasteiger partial charge in [-0.25, -0.2) is 4.39 Å². The second-order valence-corrected chi connectivity index (χ2v) is 14.0. The molecule has 4 aromatic rings. The van der Waals surface area contributed by atoms with E-state index < -0.39 is 52.6 Å². The molecule has 0 aromatic heterocycles. The molecule has 2 aliphatic heterocycles. The lowest BCUT2D eigenvalue weighted by molar-refractivity contribution is -0.138. The van der Waals surface area contributed by atoms with E-state index in [0.717, 1.165) is 5.01 Å². The van der Waals surface area contributed by atoms with E-state index in [1.165, 1.54) is 29.2 Å². The van der Waals surface area contributed by atoms with Crippen molar-refractivity contribution in [2.45, 2.75) is 30.6 Å². The zero-order valence-corrected chi connectivity index (χ0v) is 28.1. The number of para-hydroxylation sites is 2. The fourth-order valence-corrected chi connectivity index (χ4v) is 9.12. The van der Waals surface area contributed by atoms with E-state index in [1.807, 2.05) is 12.1 Å². The number of allylic oxidation sites excluding steroid dienone is 3. The van der Waals surface area contributed by atoms with Crippen LogP contribution in [0.5, 0.6) is 5.75 Å². The fourth-order valence-electron chi connectivity index (χ4n) is 9.00. The molecule has 2 aliphatic carbocycles. The SMILES string of the molecule is C=CCc1cccc(C2C3=CCC4C(=O)N(c5ccccc5)C(=O)C4C3CC3C(=O)N(Nc4ccc(F)cc4)C(=O)C32c2ccc(Cl)cc2)c1O. The highest BCUT2D eigenvalue weighted by atomic mass is 35.5. The van der Waals surface area contributed by atoms with Gasteiger partial charge in [-0.15, -0.1) is 6.58 Å². The molecule has 8 rings (SSSR count). The Morgan fingerprint density at radius 2 is 1.61 bits per heavy atom. The lowest BCUT2D eigenvalue weighted by Crippen LogP contribution is -2.53. The van der Waals surface area contributed by atoms with Crippen LogP contribution in [0.4, 0.5) is 15.8 Å². The van der Waals surface area contributed by atoms with Crippen molar-refractivity contribution >= 4 is 46.6 Å². The Kier molecular flexibility index (Phi) is 7.91. The molecule has 51 heavy (non-hydrogen) atoms. The van der Waals surface area contributed by atoms with Gasteiger partial charge < -0.3 is 5.11 Å². The van der Waals surface area contributed by atoms with Gasteiger partial charge in [-0.3, -0.25) is 29.5 Å². The molecule has 2 saturated heterocycles. The third-order valence-corrected chi connectivity index (χ3v) is 11.3. The summed E-state index contributed by atoms with van der Waals surface area (Å²) in [6.07, 6.45) is 4.30. The number of hydrogen-bond acceptors (Lipinski definition) is 6. The molecule has 4 amide bonds. The Balaban J connectivity index is 1.35. The number of phenolic OH excluding ortho intramolecular Hbond substituents is 1. The number of phenols is 1. The molecule has 256 valence electrons. The van der Waals surface area contributed by atoms with Crippen LogP contribution in [0, 0.1) is 29.5 Å². The van der Waals surface area contributed by atoms with Crippen molar-refractivity contribution in [3.8, 4) is 5.75 Å². The van der Waals surface area contributed by atoms with Crippen LogP contribution in [0.15, 0.2) is 121 Å². The molecule has 8 nitrogen and oxygen atoms in total. The van der Waals surface area contributed by atoms with Crippen LogP contribution >= 0.6 is 11.6 Å². The number of carbonyl (C=O) groups excluding carboxylic acids is 4. The standard InChI is InChI=1S/C41H33ClFN3O5/c1-2-7-23-8-6-11-31(36(23)47)35-29-20-21-30-34(39(50)45(37(30)48)28-9-4-3-5-10-28)32(29)22-33-38(49)46(44-27-18-16-26(43)17-19-27)40(51)41(33,35)24-12-14-25(42)15-13-24/h2-6,8-20,30,32-35,44,47H,1,7,21-22H2. The quantitative estimate of drug-likeness (QED) is 0.157. The highest BCUT2D eigenvalue weighted by Gasteiger charge is 2.70. The molecular weight excluding hydrogens is 669 g/mol. The van der Waals surface area contributed by atoms with E-state index in [-0.39, 0.29) is 30.4 Å². The highest BCUT2D eigenvalue weighted by molar-refractivity contribution is 6.30. The molecule has 4 aromatic carbocycles. The first-order chi connectivity index (χ1) is 24.7. The van der Waals surface area contributed by atoms with Crippen LogP contribution < -0.4 is 10.3 Å². The fraction of sp³-hybridized carbons (Fsp3) is 0.220. The van der Waals surface area contributed by atoms with E-state index in [0.29, 0.717) is 45.1 Å². The van der Waals surface area contributed by atoms with Gasteiger partial charge in [0, 0.05) is 16.5 Å². The minimum Gasteiger partial charge on any atom is -0.507 e. The van der Waals surface area contributed by atoms with Gasteiger partial charge in [-0.05, 0) is 84.8 Å². The molecule has 1 saturated carbocycles. The van der Waals surface area contributed by atoms with Gasteiger partial charge in [0.25, 0.3) is 11.8 Å². The number of benzene rings is 4. The minimum absolute atomic E-state index is 0.0388. The molecule has 4 aliphatic rings. The lowest BCUT2D eigenvalue weighted by atomic mass is 9.49. The maximum atomic E-state index is 15.3. The van der Waals surface area contributed by atoms with Gasteiger partial charge in [-0.2, -0.15) is 5.01 Å². The Bertz CT molecular complexity index is 2140. The zero-order chi connectivity index (χ0) is 35.6. The summed E-state index contributed by atoms with van der Waals surface area (Å²) >= 11 is 6.36. The van der Waals surface area contributed by atoms with E-state index in [9.17, 15) is 23.9 Å². The minimum atomic E-state index is -1.60. The largest absolute Gasteiger partial charge is 0.507 e. The maximum absolute atomic E-state index is 15.3. The first kappa shape index (κ1) is 32.7. The number of fused-ring (bicyclic) bond motifs is 4. The van der Waals surface area contributed by atoms with Crippen LogP contribution in [0.2, 0.25) is 5.02 Å². The number of hydrogen-bond donors (Lipinski definition) is 2. The molecule has 10 heteroatoms. The number of aromatic hydroxyl groups is 1. The van der Waals surface area contributed by atoms with Crippen molar-refractivity contribution < 1.29 is 28.7 Å². The number of amides is 4. The van der Waals surface area contributed by atoms with Gasteiger partial charge in [0.15, 0.2) is 0 Å². The highest BCUT2D eigenvalue weighted by Crippen LogP contribution is 2.65. The van der Waals surface area contributed by atoms with Crippen molar-refractivity contribution in [3.05, 3.63) is 149 Å². The third-order valence-electron chi connectivity index (χ3n) is 11.1. The van der Waals surface area contributed by atoms with Crippen LogP contribution in [-0.4, -0.2) is 33.7 Å². The first-order valence-electron chi connectivity index (χ1n) is 16.9. The number of nitrogens with one attached hydrogen (secondary N) is 1. The zero-order valence-electron chi connectivity index (χ0n) is 27.3. The Labute approximate surface area is 298 Å². The molecule has 6 unspecified atom stereocenters. The molecule has 2 N–H and O–H groups in total. The molecule has 0 spiro atoms. The number of anilines is 2. The monoisotopic (exact) mass is 701 g/mol. The van der Waals surface area contributed by atoms with E-state index in [1.54, 1.807) is 72.8 Å². The number of halogens is 2. The number of carbonyl (C=O) groups is 4. The smallest absolute Gasteiger partial charge is 0.260 e. The van der Waals surface area contributed by atoms with Crippen LogP contribution in [0.1, 0.15) is 35.4 Å². The Morgan fingerprint density at radius 3 is 2.31 bits per heavy atom. The molecular formula is C41H33ClFN3O5. The number of imide groups is 2. The van der Waals surface area contributed by atoms with E-state index in [4.69, 9.17) is 11.6 Å². The molecule has 3 fully saturated rings. The summed E-state index contributed by atoms with van der Waals surface area (Å²) in [4.78, 5) is 59.6. The summed E-state index contributed by atoms with van der Waals surface area (Å²) in [5.41, 5.74) is 4.37. The second-order valence-electron chi connectivity index (χ2n) is 13.6. The molecule has 0 bridgehead atoms. The Hall–Kier alpha value is -5.54. The first-order valence-corrected chi connectivity index (χ1v) is 17.3. The van der Waals surface area contributed by atoms with Crippen molar-refractivity contribution in [3.63, 3.8) is 0 Å². The topological polar surface area (TPSA) is 107 Å². The van der Waals surface area contributed by atoms with Gasteiger partial charge in [0.05, 0.1) is 34.5 Å². The second kappa shape index (κ2) is 12.3. The average molecular weight is 702 g/mol. The van der Waals surface area contributed by atoms with Crippen LogP contribution in [0.25, 0.3) is 0 Å². The molecule has 6 atom stereocenters. The normalized spacial score (nSPS) is 26.8.